The smallest absolute Gasteiger partial charge is 0.0856 e. The highest BCUT2D eigenvalue weighted by Gasteiger charge is 2.20. The SMILES string of the molecule is CC(C)(C)c1ccccc1S.NC(CO)(CO)CO. The molecule has 1 aromatic carbocycles. The zero-order valence-electron chi connectivity index (χ0n) is 11.8. The van der Waals surface area contributed by atoms with Crippen LogP contribution in [-0.4, -0.2) is 40.7 Å². The first-order valence-corrected chi connectivity index (χ1v) is 6.55. The van der Waals surface area contributed by atoms with Gasteiger partial charge in [0, 0.05) is 4.90 Å². The van der Waals surface area contributed by atoms with Crippen LogP contribution in [0.4, 0.5) is 0 Å². The van der Waals surface area contributed by atoms with Crippen LogP contribution in [-0.2, 0) is 5.41 Å². The van der Waals surface area contributed by atoms with Gasteiger partial charge in [-0.15, -0.1) is 12.6 Å². The van der Waals surface area contributed by atoms with Gasteiger partial charge < -0.3 is 21.1 Å². The molecular formula is C14H25NO3S. The van der Waals surface area contributed by atoms with Crippen LogP contribution < -0.4 is 5.73 Å². The minimum atomic E-state index is -1.21. The molecule has 5 N–H and O–H groups in total. The average molecular weight is 287 g/mol. The van der Waals surface area contributed by atoms with E-state index in [2.05, 4.69) is 45.5 Å². The monoisotopic (exact) mass is 287 g/mol. The van der Waals surface area contributed by atoms with Crippen LogP contribution in [0.1, 0.15) is 26.3 Å². The quantitative estimate of drug-likeness (QED) is 0.535. The topological polar surface area (TPSA) is 86.7 Å². The normalized spacial score (nSPS) is 11.8. The highest BCUT2D eigenvalue weighted by atomic mass is 32.1. The summed E-state index contributed by atoms with van der Waals surface area (Å²) < 4.78 is 0. The number of aliphatic hydroxyl groups is 3. The summed E-state index contributed by atoms with van der Waals surface area (Å²) in [4.78, 5) is 1.08. The Balaban J connectivity index is 0.000000362. The van der Waals surface area contributed by atoms with E-state index in [1.54, 1.807) is 0 Å². The van der Waals surface area contributed by atoms with Crippen LogP contribution in [0.15, 0.2) is 29.2 Å². The fraction of sp³-hybridized carbons (Fsp3) is 0.571. The minimum absolute atomic E-state index is 0.207. The minimum Gasteiger partial charge on any atom is -0.394 e. The van der Waals surface area contributed by atoms with Crippen molar-refractivity contribution in [2.45, 2.75) is 36.6 Å². The van der Waals surface area contributed by atoms with Gasteiger partial charge >= 0.3 is 0 Å². The molecule has 0 radical (unpaired) electrons. The van der Waals surface area contributed by atoms with E-state index in [1.165, 1.54) is 5.56 Å². The summed E-state index contributed by atoms with van der Waals surface area (Å²) in [7, 11) is 0. The predicted molar refractivity (Wildman–Crippen MR) is 80.6 cm³/mol. The van der Waals surface area contributed by atoms with Crippen molar-refractivity contribution in [3.8, 4) is 0 Å². The second kappa shape index (κ2) is 7.87. The van der Waals surface area contributed by atoms with Crippen LogP contribution >= 0.6 is 12.6 Å². The zero-order valence-corrected chi connectivity index (χ0v) is 12.7. The molecule has 0 aliphatic rings. The molecule has 0 amide bonds. The third-order valence-corrected chi connectivity index (χ3v) is 3.05. The molecule has 0 heterocycles. The van der Waals surface area contributed by atoms with Gasteiger partial charge in [0.15, 0.2) is 0 Å². The van der Waals surface area contributed by atoms with E-state index in [4.69, 9.17) is 21.1 Å². The van der Waals surface area contributed by atoms with Gasteiger partial charge in [0.05, 0.1) is 25.4 Å². The van der Waals surface area contributed by atoms with Gasteiger partial charge in [-0.2, -0.15) is 0 Å². The second-order valence-corrected chi connectivity index (χ2v) is 6.09. The molecule has 0 saturated heterocycles. The van der Waals surface area contributed by atoms with E-state index in [1.807, 2.05) is 12.1 Å². The maximum Gasteiger partial charge on any atom is 0.0856 e. The molecule has 0 aliphatic heterocycles. The lowest BCUT2D eigenvalue weighted by Gasteiger charge is -2.20. The molecule has 5 heteroatoms. The number of hydrogen-bond acceptors (Lipinski definition) is 5. The zero-order chi connectivity index (χ0) is 15.1. The van der Waals surface area contributed by atoms with Crippen LogP contribution in [0.25, 0.3) is 0 Å². The molecule has 0 fully saturated rings. The van der Waals surface area contributed by atoms with E-state index >= 15 is 0 Å². The first kappa shape index (κ1) is 18.4. The summed E-state index contributed by atoms with van der Waals surface area (Å²) in [5.41, 5.74) is 5.45. The first-order chi connectivity index (χ1) is 8.70. The molecule has 0 atom stereocenters. The Kier molecular flexibility index (Phi) is 7.62. The number of aliphatic hydroxyl groups excluding tert-OH is 3. The third-order valence-electron chi connectivity index (χ3n) is 2.66. The number of thiol groups is 1. The molecule has 0 bridgehead atoms. The molecular weight excluding hydrogens is 262 g/mol. The van der Waals surface area contributed by atoms with Crippen molar-refractivity contribution >= 4 is 12.6 Å². The van der Waals surface area contributed by atoms with Crippen molar-refractivity contribution in [1.82, 2.24) is 0 Å². The predicted octanol–water partition coefficient (Wildman–Crippen LogP) is 0.934. The van der Waals surface area contributed by atoms with E-state index in [-0.39, 0.29) is 5.41 Å². The van der Waals surface area contributed by atoms with Crippen LogP contribution in [0, 0.1) is 0 Å². The van der Waals surface area contributed by atoms with Crippen LogP contribution in [0.2, 0.25) is 0 Å². The van der Waals surface area contributed by atoms with Gasteiger partial charge in [0.2, 0.25) is 0 Å². The Bertz CT molecular complexity index is 365. The Morgan fingerprint density at radius 1 is 1.00 bits per heavy atom. The summed E-state index contributed by atoms with van der Waals surface area (Å²) in [6, 6.07) is 8.23. The Labute approximate surface area is 120 Å². The highest BCUT2D eigenvalue weighted by Crippen LogP contribution is 2.27. The van der Waals surface area contributed by atoms with Crippen molar-refractivity contribution in [2.24, 2.45) is 5.73 Å². The van der Waals surface area contributed by atoms with Gasteiger partial charge in [0.1, 0.15) is 0 Å². The number of hydrogen-bond donors (Lipinski definition) is 5. The first-order valence-electron chi connectivity index (χ1n) is 6.10. The fourth-order valence-electron chi connectivity index (χ4n) is 1.26. The molecule has 110 valence electrons. The van der Waals surface area contributed by atoms with Crippen LogP contribution in [0.5, 0.6) is 0 Å². The van der Waals surface area contributed by atoms with E-state index < -0.39 is 25.4 Å². The van der Waals surface area contributed by atoms with Gasteiger partial charge in [-0.3, -0.25) is 0 Å². The summed E-state index contributed by atoms with van der Waals surface area (Å²) in [6.07, 6.45) is 0. The van der Waals surface area contributed by atoms with Crippen LogP contribution in [0.3, 0.4) is 0 Å². The molecule has 1 rings (SSSR count). The molecule has 1 aromatic rings. The van der Waals surface area contributed by atoms with Gasteiger partial charge in [-0.25, -0.2) is 0 Å². The van der Waals surface area contributed by atoms with E-state index in [0.717, 1.165) is 4.90 Å². The Morgan fingerprint density at radius 3 is 1.63 bits per heavy atom. The van der Waals surface area contributed by atoms with Gasteiger partial charge in [0.25, 0.3) is 0 Å². The number of benzene rings is 1. The van der Waals surface area contributed by atoms with E-state index in [0.29, 0.717) is 0 Å². The summed E-state index contributed by atoms with van der Waals surface area (Å²) >= 11 is 4.39. The third kappa shape index (κ3) is 6.40. The summed E-state index contributed by atoms with van der Waals surface area (Å²) in [5, 5.41) is 25.0. The Morgan fingerprint density at radius 2 is 1.42 bits per heavy atom. The molecule has 0 unspecified atom stereocenters. The van der Waals surface area contributed by atoms with Crippen molar-refractivity contribution in [3.63, 3.8) is 0 Å². The molecule has 4 nitrogen and oxygen atoms in total. The molecule has 0 aromatic heterocycles. The summed E-state index contributed by atoms with van der Waals surface area (Å²) in [5.74, 6) is 0. The standard InChI is InChI=1S/C10H14S.C4H11NO3/c1-10(2,3)8-6-4-5-7-9(8)11;5-4(1-6,2-7)3-8/h4-7,11H,1-3H3;6-8H,1-3,5H2. The summed E-state index contributed by atoms with van der Waals surface area (Å²) in [6.45, 7) is 5.38. The van der Waals surface area contributed by atoms with Gasteiger partial charge in [-0.1, -0.05) is 39.0 Å². The molecule has 0 saturated carbocycles. The molecule has 0 spiro atoms. The maximum absolute atomic E-state index is 8.34. The maximum atomic E-state index is 8.34. The van der Waals surface area contributed by atoms with Crippen molar-refractivity contribution in [1.29, 1.82) is 0 Å². The Hall–Kier alpha value is -0.590. The van der Waals surface area contributed by atoms with Crippen molar-refractivity contribution < 1.29 is 15.3 Å². The lowest BCUT2D eigenvalue weighted by molar-refractivity contribution is 0.0698. The number of rotatable bonds is 3. The van der Waals surface area contributed by atoms with E-state index in [9.17, 15) is 0 Å². The highest BCUT2D eigenvalue weighted by molar-refractivity contribution is 7.80. The fourth-order valence-corrected chi connectivity index (χ4v) is 1.75. The lowest BCUT2D eigenvalue weighted by atomic mass is 9.87. The average Bonchev–Trinajstić information content (AvgIpc) is 2.38. The van der Waals surface area contributed by atoms with Crippen molar-refractivity contribution in [3.05, 3.63) is 29.8 Å². The molecule has 0 aliphatic carbocycles. The second-order valence-electron chi connectivity index (χ2n) is 5.60. The van der Waals surface area contributed by atoms with Crippen molar-refractivity contribution in [2.75, 3.05) is 19.8 Å². The lowest BCUT2D eigenvalue weighted by Crippen LogP contribution is -2.50. The largest absolute Gasteiger partial charge is 0.394 e. The van der Waals surface area contributed by atoms with Gasteiger partial charge in [-0.05, 0) is 17.0 Å². The molecule has 19 heavy (non-hydrogen) atoms. The number of nitrogens with two attached hydrogens (primary N) is 1.